The number of nitrogens with one attached hydrogen (secondary N) is 1. The van der Waals surface area contributed by atoms with Gasteiger partial charge in [0.05, 0.1) is 12.6 Å². The van der Waals surface area contributed by atoms with Gasteiger partial charge in [-0.25, -0.2) is 0 Å². The van der Waals surface area contributed by atoms with Gasteiger partial charge in [0, 0.05) is 6.54 Å². The van der Waals surface area contributed by atoms with Crippen molar-refractivity contribution in [2.45, 2.75) is 19.1 Å². The number of aromatic nitrogens is 2. The smallest absolute Gasteiger partial charge is 0.406 e. The lowest BCUT2D eigenvalue weighted by atomic mass is 10.4. The van der Waals surface area contributed by atoms with Gasteiger partial charge in [0.2, 0.25) is 5.89 Å². The van der Waals surface area contributed by atoms with Crippen LogP contribution in [0.2, 0.25) is 0 Å². The molecule has 0 bridgehead atoms. The summed E-state index contributed by atoms with van der Waals surface area (Å²) in [5.74, 6) is 0.253. The van der Waals surface area contributed by atoms with E-state index >= 15 is 0 Å². The number of hydrogen-bond donors (Lipinski definition) is 2. The van der Waals surface area contributed by atoms with Crippen LogP contribution in [0.5, 0.6) is 0 Å². The maximum Gasteiger partial charge on any atom is 0.411 e. The highest BCUT2D eigenvalue weighted by atomic mass is 19.4. The minimum absolute atomic E-state index is 0.105. The second-order valence-corrected chi connectivity index (χ2v) is 3.33. The zero-order valence-electron chi connectivity index (χ0n) is 9.12. The highest BCUT2D eigenvalue weighted by Gasteiger charge is 2.27. The average molecular weight is 254 g/mol. The van der Waals surface area contributed by atoms with Crippen molar-refractivity contribution in [3.8, 4) is 0 Å². The van der Waals surface area contributed by atoms with Crippen molar-refractivity contribution in [3.05, 3.63) is 5.89 Å². The van der Waals surface area contributed by atoms with Crippen molar-refractivity contribution in [3.63, 3.8) is 0 Å². The van der Waals surface area contributed by atoms with E-state index in [9.17, 15) is 13.2 Å². The van der Waals surface area contributed by atoms with E-state index in [1.165, 1.54) is 0 Å². The van der Waals surface area contributed by atoms with Crippen LogP contribution in [0.1, 0.15) is 18.9 Å². The minimum Gasteiger partial charge on any atom is -0.406 e. The molecule has 1 aromatic heterocycles. The third kappa shape index (κ3) is 5.50. The molecule has 98 valence electrons. The van der Waals surface area contributed by atoms with Crippen molar-refractivity contribution in [1.82, 2.24) is 10.2 Å². The molecule has 1 heterocycles. The molecule has 9 heteroatoms. The molecule has 6 nitrogen and oxygen atoms in total. The molecule has 0 spiro atoms. The molecular formula is C8H13F3N4O2. The Labute approximate surface area is 95.3 Å². The van der Waals surface area contributed by atoms with Gasteiger partial charge in [0.1, 0.15) is 6.61 Å². The second kappa shape index (κ2) is 5.82. The Morgan fingerprint density at radius 2 is 2.18 bits per heavy atom. The minimum atomic E-state index is -4.31. The zero-order valence-corrected chi connectivity index (χ0v) is 9.12. The van der Waals surface area contributed by atoms with Crippen molar-refractivity contribution in [1.29, 1.82) is 0 Å². The van der Waals surface area contributed by atoms with Crippen LogP contribution in [-0.2, 0) is 4.74 Å². The Balaban J connectivity index is 2.18. The molecule has 0 aliphatic rings. The molecule has 0 amide bonds. The first kappa shape index (κ1) is 13.7. The maximum atomic E-state index is 11.7. The lowest BCUT2D eigenvalue weighted by molar-refractivity contribution is -0.172. The number of alkyl halides is 3. The molecule has 3 N–H and O–H groups in total. The van der Waals surface area contributed by atoms with Gasteiger partial charge in [-0.15, -0.1) is 5.10 Å². The van der Waals surface area contributed by atoms with Gasteiger partial charge in [-0.1, -0.05) is 5.10 Å². The number of nitrogens with two attached hydrogens (primary N) is 1. The zero-order chi connectivity index (χ0) is 12.9. The number of rotatable bonds is 6. The molecule has 0 radical (unpaired) electrons. The summed E-state index contributed by atoms with van der Waals surface area (Å²) in [4.78, 5) is 0. The summed E-state index contributed by atoms with van der Waals surface area (Å²) in [7, 11) is 0. The van der Waals surface area contributed by atoms with E-state index in [2.05, 4.69) is 20.3 Å². The average Bonchev–Trinajstić information content (AvgIpc) is 2.64. The Bertz CT molecular complexity index is 340. The first-order valence-corrected chi connectivity index (χ1v) is 4.86. The number of hydrogen-bond acceptors (Lipinski definition) is 6. The van der Waals surface area contributed by atoms with Crippen LogP contribution in [0.3, 0.4) is 0 Å². The third-order valence-electron chi connectivity index (χ3n) is 1.62. The molecule has 0 saturated carbocycles. The van der Waals surface area contributed by atoms with Crippen LogP contribution in [0, 0.1) is 0 Å². The summed E-state index contributed by atoms with van der Waals surface area (Å²) >= 11 is 0. The van der Waals surface area contributed by atoms with E-state index in [1.54, 1.807) is 6.92 Å². The van der Waals surface area contributed by atoms with E-state index < -0.39 is 12.8 Å². The Morgan fingerprint density at radius 1 is 1.47 bits per heavy atom. The molecular weight excluding hydrogens is 241 g/mol. The van der Waals surface area contributed by atoms with E-state index in [0.29, 0.717) is 0 Å². The van der Waals surface area contributed by atoms with Crippen molar-refractivity contribution in [2.24, 2.45) is 5.73 Å². The molecule has 0 saturated heterocycles. The number of ether oxygens (including phenoxy) is 1. The highest BCUT2D eigenvalue weighted by molar-refractivity contribution is 5.16. The second-order valence-electron chi connectivity index (χ2n) is 3.33. The van der Waals surface area contributed by atoms with Crippen LogP contribution < -0.4 is 11.1 Å². The van der Waals surface area contributed by atoms with Gasteiger partial charge in [0.15, 0.2) is 0 Å². The van der Waals surface area contributed by atoms with Gasteiger partial charge in [0.25, 0.3) is 0 Å². The van der Waals surface area contributed by atoms with Crippen LogP contribution >= 0.6 is 0 Å². The van der Waals surface area contributed by atoms with Crippen LogP contribution in [0.4, 0.5) is 19.2 Å². The lowest BCUT2D eigenvalue weighted by Gasteiger charge is -2.07. The van der Waals surface area contributed by atoms with Gasteiger partial charge in [-0.3, -0.25) is 0 Å². The number of anilines is 1. The van der Waals surface area contributed by atoms with E-state index in [0.717, 1.165) is 0 Å². The Kier molecular flexibility index (Phi) is 4.70. The fourth-order valence-electron chi connectivity index (χ4n) is 0.908. The number of nitrogens with zero attached hydrogens (tertiary/aromatic N) is 2. The monoisotopic (exact) mass is 254 g/mol. The van der Waals surface area contributed by atoms with Crippen LogP contribution in [0.15, 0.2) is 4.42 Å². The summed E-state index contributed by atoms with van der Waals surface area (Å²) in [6, 6.07) is -0.285. The topological polar surface area (TPSA) is 86.2 Å². The largest absolute Gasteiger partial charge is 0.411 e. The molecule has 17 heavy (non-hydrogen) atoms. The van der Waals surface area contributed by atoms with Gasteiger partial charge >= 0.3 is 12.2 Å². The fourth-order valence-corrected chi connectivity index (χ4v) is 0.908. The molecule has 1 aromatic rings. The Morgan fingerprint density at radius 3 is 2.71 bits per heavy atom. The summed E-state index contributed by atoms with van der Waals surface area (Å²) < 4.78 is 44.5. The molecule has 0 aliphatic carbocycles. The van der Waals surface area contributed by atoms with Crippen LogP contribution in [0.25, 0.3) is 0 Å². The molecule has 1 unspecified atom stereocenters. The van der Waals surface area contributed by atoms with Gasteiger partial charge in [-0.05, 0) is 6.92 Å². The SMILES string of the molecule is CC(N)c1nnc(NCCOCC(F)(F)F)o1. The first-order valence-electron chi connectivity index (χ1n) is 4.86. The highest BCUT2D eigenvalue weighted by Crippen LogP contribution is 2.14. The molecule has 0 aliphatic heterocycles. The van der Waals surface area contributed by atoms with Crippen molar-refractivity contribution in [2.75, 3.05) is 25.1 Å². The Hall–Kier alpha value is -1.35. The summed E-state index contributed by atoms with van der Waals surface area (Å²) in [6.07, 6.45) is -4.31. The summed E-state index contributed by atoms with van der Waals surface area (Å²) in [5, 5.41) is 9.85. The third-order valence-corrected chi connectivity index (χ3v) is 1.62. The van der Waals surface area contributed by atoms with Gasteiger partial charge in [-0.2, -0.15) is 13.2 Å². The normalized spacial score (nSPS) is 13.7. The molecule has 0 fully saturated rings. The van der Waals surface area contributed by atoms with Crippen molar-refractivity contribution < 1.29 is 22.3 Å². The quantitative estimate of drug-likeness (QED) is 0.739. The summed E-state index contributed by atoms with van der Waals surface area (Å²) in [6.45, 7) is 0.416. The van der Waals surface area contributed by atoms with E-state index in [4.69, 9.17) is 10.2 Å². The fraction of sp³-hybridized carbons (Fsp3) is 0.750. The van der Waals surface area contributed by atoms with E-state index in [-0.39, 0.29) is 31.1 Å². The summed E-state index contributed by atoms with van der Waals surface area (Å²) in [5.41, 5.74) is 5.48. The first-order chi connectivity index (χ1) is 7.88. The number of halogens is 3. The molecule has 1 rings (SSSR count). The standard InChI is InChI=1S/C8H13F3N4O2/c1-5(12)6-14-15-7(17-6)13-2-3-16-4-8(9,10)11/h5H,2-4,12H2,1H3,(H,13,15). The van der Waals surface area contributed by atoms with E-state index in [1.807, 2.05) is 0 Å². The molecule has 0 aromatic carbocycles. The predicted molar refractivity (Wildman–Crippen MR) is 52.3 cm³/mol. The predicted octanol–water partition coefficient (Wildman–Crippen LogP) is 1.08. The lowest BCUT2D eigenvalue weighted by Crippen LogP contribution is -2.20. The van der Waals surface area contributed by atoms with Gasteiger partial charge < -0.3 is 20.2 Å². The van der Waals surface area contributed by atoms with Crippen molar-refractivity contribution >= 4 is 6.01 Å². The van der Waals surface area contributed by atoms with Crippen LogP contribution in [-0.4, -0.2) is 36.1 Å². The molecule has 1 atom stereocenters. The maximum absolute atomic E-state index is 11.7.